The minimum absolute atomic E-state index is 0.316. The number of nitrogens with one attached hydrogen (secondary N) is 2. The molecule has 1 aromatic heterocycles. The molecule has 0 aliphatic rings. The second-order valence-corrected chi connectivity index (χ2v) is 6.64. The summed E-state index contributed by atoms with van der Waals surface area (Å²) in [5.41, 5.74) is 6.38. The molecule has 0 aliphatic heterocycles. The Bertz CT molecular complexity index is 1190. The van der Waals surface area contributed by atoms with Gasteiger partial charge in [0, 0.05) is 0 Å². The van der Waals surface area contributed by atoms with Crippen LogP contribution in [0.15, 0.2) is 71.8 Å². The van der Waals surface area contributed by atoms with E-state index in [-0.39, 0.29) is 5.91 Å². The van der Waals surface area contributed by atoms with Crippen molar-refractivity contribution in [2.45, 2.75) is 6.92 Å². The van der Waals surface area contributed by atoms with E-state index >= 15 is 0 Å². The number of nitrogens with zero attached hydrogens (tertiary/aromatic N) is 2. The topological polar surface area (TPSA) is 79.4 Å². The molecule has 1 amide bonds. The van der Waals surface area contributed by atoms with Crippen LogP contribution in [0.5, 0.6) is 5.75 Å². The van der Waals surface area contributed by atoms with E-state index in [0.29, 0.717) is 17.1 Å². The average Bonchev–Trinajstić information content (AvgIpc) is 3.24. The minimum atomic E-state index is -0.369. The first-order chi connectivity index (χ1) is 14.2. The lowest BCUT2D eigenvalue weighted by Gasteiger charge is -2.09. The standard InChI is InChI=1S/C23H20N4O2/c1-15-7-9-16(10-8-15)14-24-27-23(28)20-13-19(25-26-20)22-18-6-4-3-5-17(18)11-12-21(22)29-2/h3-14H,1-2H3,(H,25,26)(H,27,28)/b24-14+. The highest BCUT2D eigenvalue weighted by Crippen LogP contribution is 2.36. The van der Waals surface area contributed by atoms with Gasteiger partial charge in [-0.15, -0.1) is 0 Å². The third-order valence-electron chi connectivity index (χ3n) is 4.65. The van der Waals surface area contributed by atoms with Crippen LogP contribution >= 0.6 is 0 Å². The first-order valence-electron chi connectivity index (χ1n) is 9.17. The zero-order valence-corrected chi connectivity index (χ0v) is 16.1. The highest BCUT2D eigenvalue weighted by atomic mass is 16.5. The number of benzene rings is 3. The molecule has 0 saturated heterocycles. The molecule has 0 atom stereocenters. The molecule has 0 spiro atoms. The van der Waals surface area contributed by atoms with Crippen molar-refractivity contribution < 1.29 is 9.53 Å². The van der Waals surface area contributed by atoms with Crippen molar-refractivity contribution in [1.29, 1.82) is 0 Å². The zero-order valence-electron chi connectivity index (χ0n) is 16.1. The third-order valence-corrected chi connectivity index (χ3v) is 4.65. The fourth-order valence-corrected chi connectivity index (χ4v) is 3.13. The largest absolute Gasteiger partial charge is 0.496 e. The fraction of sp³-hybridized carbons (Fsp3) is 0.0870. The lowest BCUT2D eigenvalue weighted by Crippen LogP contribution is -2.17. The van der Waals surface area contributed by atoms with Crippen LogP contribution in [0.3, 0.4) is 0 Å². The van der Waals surface area contributed by atoms with Crippen molar-refractivity contribution in [2.75, 3.05) is 7.11 Å². The second kappa shape index (κ2) is 7.98. The van der Waals surface area contributed by atoms with Gasteiger partial charge in [-0.05, 0) is 35.4 Å². The fourth-order valence-electron chi connectivity index (χ4n) is 3.13. The molecular weight excluding hydrogens is 364 g/mol. The molecule has 3 aromatic carbocycles. The van der Waals surface area contributed by atoms with E-state index in [1.54, 1.807) is 19.4 Å². The van der Waals surface area contributed by atoms with E-state index in [0.717, 1.165) is 21.9 Å². The molecule has 0 radical (unpaired) electrons. The molecule has 0 bridgehead atoms. The highest BCUT2D eigenvalue weighted by Gasteiger charge is 2.16. The van der Waals surface area contributed by atoms with Gasteiger partial charge in [-0.1, -0.05) is 60.2 Å². The number of carbonyl (C=O) groups excluding carboxylic acids is 1. The molecule has 1 heterocycles. The predicted molar refractivity (Wildman–Crippen MR) is 114 cm³/mol. The SMILES string of the molecule is COc1ccc2ccccc2c1-c1cc(C(=O)N/N=C/c2ccc(C)cc2)[nH]n1. The molecule has 2 N–H and O–H groups in total. The van der Waals surface area contributed by atoms with Gasteiger partial charge < -0.3 is 4.74 Å². The van der Waals surface area contributed by atoms with Crippen LogP contribution in [0.2, 0.25) is 0 Å². The summed E-state index contributed by atoms with van der Waals surface area (Å²) in [5.74, 6) is 0.325. The summed E-state index contributed by atoms with van der Waals surface area (Å²) in [6.45, 7) is 2.02. The van der Waals surface area contributed by atoms with Crippen molar-refractivity contribution in [2.24, 2.45) is 5.10 Å². The van der Waals surface area contributed by atoms with Crippen LogP contribution in [0, 0.1) is 6.92 Å². The maximum absolute atomic E-state index is 12.4. The van der Waals surface area contributed by atoms with Gasteiger partial charge in [-0.25, -0.2) is 5.43 Å². The number of hydrazone groups is 1. The Hall–Kier alpha value is -3.93. The van der Waals surface area contributed by atoms with E-state index in [1.807, 2.05) is 67.6 Å². The van der Waals surface area contributed by atoms with Gasteiger partial charge in [0.2, 0.25) is 0 Å². The maximum atomic E-state index is 12.4. The van der Waals surface area contributed by atoms with Gasteiger partial charge in [0.25, 0.3) is 5.91 Å². The Morgan fingerprint density at radius 2 is 1.90 bits per heavy atom. The van der Waals surface area contributed by atoms with Gasteiger partial charge in [0.05, 0.1) is 24.6 Å². The number of H-pyrrole nitrogens is 1. The molecule has 6 heteroatoms. The van der Waals surface area contributed by atoms with E-state index < -0.39 is 0 Å². The molecule has 29 heavy (non-hydrogen) atoms. The monoisotopic (exact) mass is 384 g/mol. The van der Waals surface area contributed by atoms with Gasteiger partial charge in [-0.2, -0.15) is 10.2 Å². The maximum Gasteiger partial charge on any atom is 0.289 e. The summed E-state index contributed by atoms with van der Waals surface area (Å²) in [6, 6.07) is 21.4. The van der Waals surface area contributed by atoms with E-state index in [9.17, 15) is 4.79 Å². The third kappa shape index (κ3) is 3.87. The highest BCUT2D eigenvalue weighted by molar-refractivity contribution is 6.00. The van der Waals surface area contributed by atoms with Gasteiger partial charge in [0.1, 0.15) is 11.4 Å². The Morgan fingerprint density at radius 3 is 2.69 bits per heavy atom. The lowest BCUT2D eigenvalue weighted by atomic mass is 10.0. The number of hydrogen-bond acceptors (Lipinski definition) is 4. The molecule has 144 valence electrons. The molecule has 6 nitrogen and oxygen atoms in total. The molecule has 0 saturated carbocycles. The van der Waals surface area contributed by atoms with Crippen LogP contribution in [0.4, 0.5) is 0 Å². The van der Waals surface area contributed by atoms with E-state index in [1.165, 1.54) is 5.56 Å². The number of fused-ring (bicyclic) bond motifs is 1. The van der Waals surface area contributed by atoms with Crippen molar-refractivity contribution in [3.05, 3.63) is 83.6 Å². The van der Waals surface area contributed by atoms with Crippen LogP contribution in [-0.2, 0) is 0 Å². The van der Waals surface area contributed by atoms with Gasteiger partial charge in [-0.3, -0.25) is 9.89 Å². The Balaban J connectivity index is 1.58. The van der Waals surface area contributed by atoms with Crippen LogP contribution < -0.4 is 10.2 Å². The average molecular weight is 384 g/mol. The van der Waals surface area contributed by atoms with E-state index in [2.05, 4.69) is 20.7 Å². The number of aromatic amines is 1. The molecule has 0 fully saturated rings. The van der Waals surface area contributed by atoms with Crippen LogP contribution in [0.25, 0.3) is 22.0 Å². The van der Waals surface area contributed by atoms with Crippen molar-refractivity contribution in [1.82, 2.24) is 15.6 Å². The second-order valence-electron chi connectivity index (χ2n) is 6.64. The predicted octanol–water partition coefficient (Wildman–Crippen LogP) is 4.31. The van der Waals surface area contributed by atoms with E-state index in [4.69, 9.17) is 4.74 Å². The Labute approximate surface area is 168 Å². The van der Waals surface area contributed by atoms with Gasteiger partial charge >= 0.3 is 0 Å². The number of ether oxygens (including phenoxy) is 1. The summed E-state index contributed by atoms with van der Waals surface area (Å²) < 4.78 is 5.52. The number of rotatable bonds is 5. The molecule has 4 rings (SSSR count). The quantitative estimate of drug-likeness (QED) is 0.397. The van der Waals surface area contributed by atoms with Crippen molar-refractivity contribution in [3.8, 4) is 17.0 Å². The molecule has 0 aliphatic carbocycles. The number of aromatic nitrogens is 2. The van der Waals surface area contributed by atoms with Crippen molar-refractivity contribution in [3.63, 3.8) is 0 Å². The summed E-state index contributed by atoms with van der Waals surface area (Å²) in [7, 11) is 1.62. The number of aryl methyl sites for hydroxylation is 1. The molecule has 0 unspecified atom stereocenters. The summed E-state index contributed by atoms with van der Waals surface area (Å²) in [6.07, 6.45) is 1.60. The minimum Gasteiger partial charge on any atom is -0.496 e. The van der Waals surface area contributed by atoms with Crippen LogP contribution in [-0.4, -0.2) is 29.4 Å². The van der Waals surface area contributed by atoms with Gasteiger partial charge in [0.15, 0.2) is 0 Å². The Kier molecular flexibility index (Phi) is 5.07. The molecule has 4 aromatic rings. The number of methoxy groups -OCH3 is 1. The number of hydrogen-bond donors (Lipinski definition) is 2. The number of amides is 1. The summed E-state index contributed by atoms with van der Waals surface area (Å²) in [5, 5.41) is 13.2. The zero-order chi connectivity index (χ0) is 20.2. The summed E-state index contributed by atoms with van der Waals surface area (Å²) in [4.78, 5) is 12.4. The first kappa shape index (κ1) is 18.4. The normalized spacial score (nSPS) is 11.1. The summed E-state index contributed by atoms with van der Waals surface area (Å²) >= 11 is 0. The van der Waals surface area contributed by atoms with Crippen LogP contribution in [0.1, 0.15) is 21.6 Å². The van der Waals surface area contributed by atoms with Crippen molar-refractivity contribution >= 4 is 22.9 Å². The Morgan fingerprint density at radius 1 is 1.10 bits per heavy atom. The number of carbonyl (C=O) groups is 1. The first-order valence-corrected chi connectivity index (χ1v) is 9.17. The smallest absolute Gasteiger partial charge is 0.289 e. The lowest BCUT2D eigenvalue weighted by molar-refractivity contribution is 0.0950. The molecular formula is C23H20N4O2.